The van der Waals surface area contributed by atoms with Crippen LogP contribution in [0.5, 0.6) is 0 Å². The van der Waals surface area contributed by atoms with E-state index in [4.69, 9.17) is 0 Å². The molecule has 1 aromatic heterocycles. The fourth-order valence-corrected chi connectivity index (χ4v) is 2.98. The van der Waals surface area contributed by atoms with Crippen molar-refractivity contribution < 1.29 is 0 Å². The Hall–Kier alpha value is -0.710. The Bertz CT molecular complexity index is 543. The van der Waals surface area contributed by atoms with Gasteiger partial charge in [-0.1, -0.05) is 34.1 Å². The van der Waals surface area contributed by atoms with Crippen LogP contribution in [0.1, 0.15) is 36.2 Å². The maximum Gasteiger partial charge on any atom is 0.0972 e. The Kier molecular flexibility index (Phi) is 4.76. The van der Waals surface area contributed by atoms with Crippen LogP contribution in [0.2, 0.25) is 0 Å². The molecule has 0 aliphatic carbocycles. The lowest BCUT2D eigenvalue weighted by Gasteiger charge is -2.19. The SMILES string of the molecule is CC(C)(C)NCc1cnc(Cc2ccccc2Br)s1. The maximum atomic E-state index is 4.51. The molecule has 2 nitrogen and oxygen atoms in total. The van der Waals surface area contributed by atoms with Gasteiger partial charge < -0.3 is 5.32 Å². The van der Waals surface area contributed by atoms with Crippen molar-refractivity contribution in [2.45, 2.75) is 39.3 Å². The topological polar surface area (TPSA) is 24.9 Å². The number of thiazole rings is 1. The summed E-state index contributed by atoms with van der Waals surface area (Å²) in [5.74, 6) is 0. The molecule has 0 aliphatic heterocycles. The summed E-state index contributed by atoms with van der Waals surface area (Å²) in [4.78, 5) is 5.80. The lowest BCUT2D eigenvalue weighted by Crippen LogP contribution is -2.34. The molecule has 0 radical (unpaired) electrons. The highest BCUT2D eigenvalue weighted by Crippen LogP contribution is 2.22. The van der Waals surface area contributed by atoms with Crippen molar-refractivity contribution in [2.24, 2.45) is 0 Å². The van der Waals surface area contributed by atoms with Crippen LogP contribution in [-0.4, -0.2) is 10.5 Å². The van der Waals surface area contributed by atoms with E-state index >= 15 is 0 Å². The van der Waals surface area contributed by atoms with Crippen molar-refractivity contribution in [3.8, 4) is 0 Å². The van der Waals surface area contributed by atoms with E-state index in [0.717, 1.165) is 22.4 Å². The summed E-state index contributed by atoms with van der Waals surface area (Å²) < 4.78 is 1.15. The average molecular weight is 339 g/mol. The molecule has 102 valence electrons. The third-order valence-corrected chi connectivity index (χ3v) is 4.46. The van der Waals surface area contributed by atoms with E-state index in [-0.39, 0.29) is 5.54 Å². The summed E-state index contributed by atoms with van der Waals surface area (Å²) in [6.07, 6.45) is 2.87. The molecule has 1 aromatic carbocycles. The molecule has 2 aromatic rings. The molecular weight excluding hydrogens is 320 g/mol. The molecule has 0 saturated carbocycles. The van der Waals surface area contributed by atoms with Crippen LogP contribution in [0.4, 0.5) is 0 Å². The van der Waals surface area contributed by atoms with Crippen molar-refractivity contribution in [1.29, 1.82) is 0 Å². The Morgan fingerprint density at radius 1 is 1.26 bits per heavy atom. The van der Waals surface area contributed by atoms with Crippen LogP contribution in [-0.2, 0) is 13.0 Å². The predicted octanol–water partition coefficient (Wildman–Crippen LogP) is 4.38. The highest BCUT2D eigenvalue weighted by molar-refractivity contribution is 9.10. The Labute approximate surface area is 127 Å². The van der Waals surface area contributed by atoms with Gasteiger partial charge in [0, 0.05) is 34.1 Å². The minimum atomic E-state index is 0.145. The first-order chi connectivity index (χ1) is 8.94. The highest BCUT2D eigenvalue weighted by atomic mass is 79.9. The van der Waals surface area contributed by atoms with Gasteiger partial charge in [0.25, 0.3) is 0 Å². The van der Waals surface area contributed by atoms with Gasteiger partial charge >= 0.3 is 0 Å². The molecular formula is C15H19BrN2S. The molecule has 0 aliphatic rings. The first-order valence-corrected chi connectivity index (χ1v) is 7.97. The minimum absolute atomic E-state index is 0.145. The van der Waals surface area contributed by atoms with Gasteiger partial charge in [0.2, 0.25) is 0 Å². The van der Waals surface area contributed by atoms with Gasteiger partial charge in [0.1, 0.15) is 0 Å². The number of nitrogens with zero attached hydrogens (tertiary/aromatic N) is 1. The lowest BCUT2D eigenvalue weighted by molar-refractivity contribution is 0.426. The summed E-state index contributed by atoms with van der Waals surface area (Å²) in [5, 5.41) is 4.65. The molecule has 19 heavy (non-hydrogen) atoms. The molecule has 0 spiro atoms. The van der Waals surface area contributed by atoms with Gasteiger partial charge in [0.15, 0.2) is 0 Å². The molecule has 2 rings (SSSR count). The molecule has 0 fully saturated rings. The van der Waals surface area contributed by atoms with Crippen LogP contribution in [0.3, 0.4) is 0 Å². The van der Waals surface area contributed by atoms with Crippen molar-refractivity contribution in [1.82, 2.24) is 10.3 Å². The predicted molar refractivity (Wildman–Crippen MR) is 85.7 cm³/mol. The number of benzene rings is 1. The van der Waals surface area contributed by atoms with Gasteiger partial charge in [0.05, 0.1) is 5.01 Å². The number of aromatic nitrogens is 1. The molecule has 4 heteroatoms. The van der Waals surface area contributed by atoms with E-state index < -0.39 is 0 Å². The van der Waals surface area contributed by atoms with E-state index in [2.05, 4.69) is 65.2 Å². The summed E-state index contributed by atoms with van der Waals surface area (Å²) in [5.41, 5.74) is 1.43. The van der Waals surface area contributed by atoms with Crippen LogP contribution in [0, 0.1) is 0 Å². The van der Waals surface area contributed by atoms with Crippen LogP contribution >= 0.6 is 27.3 Å². The standard InChI is InChI=1S/C15H19BrN2S/c1-15(2,3)18-10-12-9-17-14(19-12)8-11-6-4-5-7-13(11)16/h4-7,9,18H,8,10H2,1-3H3. The summed E-state index contributed by atoms with van der Waals surface area (Å²) in [6, 6.07) is 8.31. The number of rotatable bonds is 4. The van der Waals surface area contributed by atoms with Crippen molar-refractivity contribution in [3.05, 3.63) is 50.4 Å². The lowest BCUT2D eigenvalue weighted by atomic mass is 10.1. The second-order valence-electron chi connectivity index (χ2n) is 5.59. The minimum Gasteiger partial charge on any atom is -0.307 e. The summed E-state index contributed by atoms with van der Waals surface area (Å²) >= 11 is 5.36. The van der Waals surface area contributed by atoms with E-state index in [1.54, 1.807) is 11.3 Å². The van der Waals surface area contributed by atoms with Crippen molar-refractivity contribution in [2.75, 3.05) is 0 Å². The molecule has 0 saturated heterocycles. The molecule has 1 N–H and O–H groups in total. The van der Waals surface area contributed by atoms with Crippen molar-refractivity contribution in [3.63, 3.8) is 0 Å². The van der Waals surface area contributed by atoms with Crippen LogP contribution in [0.15, 0.2) is 34.9 Å². The Morgan fingerprint density at radius 2 is 2.00 bits per heavy atom. The number of hydrogen-bond acceptors (Lipinski definition) is 3. The molecule has 1 heterocycles. The zero-order chi connectivity index (χ0) is 13.9. The monoisotopic (exact) mass is 338 g/mol. The Morgan fingerprint density at radius 3 is 2.68 bits per heavy atom. The van der Waals surface area contributed by atoms with Crippen LogP contribution < -0.4 is 5.32 Å². The van der Waals surface area contributed by atoms with Gasteiger partial charge in [-0.25, -0.2) is 4.98 Å². The quantitative estimate of drug-likeness (QED) is 0.894. The van der Waals surface area contributed by atoms with Gasteiger partial charge in [-0.15, -0.1) is 11.3 Å². The largest absolute Gasteiger partial charge is 0.307 e. The van der Waals surface area contributed by atoms with E-state index in [1.807, 2.05) is 12.3 Å². The van der Waals surface area contributed by atoms with Crippen LogP contribution in [0.25, 0.3) is 0 Å². The molecule has 0 amide bonds. The van der Waals surface area contributed by atoms with E-state index in [9.17, 15) is 0 Å². The van der Waals surface area contributed by atoms with Gasteiger partial charge in [-0.3, -0.25) is 0 Å². The fraction of sp³-hybridized carbons (Fsp3) is 0.400. The van der Waals surface area contributed by atoms with E-state index in [1.165, 1.54) is 10.4 Å². The van der Waals surface area contributed by atoms with E-state index in [0.29, 0.717) is 0 Å². The van der Waals surface area contributed by atoms with Gasteiger partial charge in [-0.2, -0.15) is 0 Å². The number of nitrogens with one attached hydrogen (secondary N) is 1. The van der Waals surface area contributed by atoms with Gasteiger partial charge in [-0.05, 0) is 32.4 Å². The summed E-state index contributed by atoms with van der Waals surface area (Å²) in [7, 11) is 0. The average Bonchev–Trinajstić information content (AvgIpc) is 2.77. The first kappa shape index (κ1) is 14.7. The smallest absolute Gasteiger partial charge is 0.0972 e. The highest BCUT2D eigenvalue weighted by Gasteiger charge is 2.10. The zero-order valence-corrected chi connectivity index (χ0v) is 13.9. The van der Waals surface area contributed by atoms with Crippen molar-refractivity contribution >= 4 is 27.3 Å². The number of hydrogen-bond donors (Lipinski definition) is 1. The third kappa shape index (κ3) is 4.71. The molecule has 0 bridgehead atoms. The summed E-state index contributed by atoms with van der Waals surface area (Å²) in [6.45, 7) is 7.42. The maximum absolute atomic E-state index is 4.51. The Balaban J connectivity index is 2.00. The second-order valence-corrected chi connectivity index (χ2v) is 7.65. The molecule has 0 unspecified atom stereocenters. The number of halogens is 1. The molecule has 0 atom stereocenters. The second kappa shape index (κ2) is 6.16. The zero-order valence-electron chi connectivity index (χ0n) is 11.5. The fourth-order valence-electron chi connectivity index (χ4n) is 1.67. The third-order valence-electron chi connectivity index (χ3n) is 2.69. The first-order valence-electron chi connectivity index (χ1n) is 6.36. The normalized spacial score (nSPS) is 11.8.